The minimum Gasteiger partial charge on any atom is -0.378 e. The molecule has 138 valence electrons. The molecule has 0 saturated heterocycles. The first-order chi connectivity index (χ1) is 11.2. The van der Waals surface area contributed by atoms with Crippen molar-refractivity contribution >= 4 is 5.91 Å². The van der Waals surface area contributed by atoms with Crippen LogP contribution in [0.15, 0.2) is 6.20 Å². The van der Waals surface area contributed by atoms with Crippen molar-refractivity contribution in [2.24, 2.45) is 17.8 Å². The Balaban J connectivity index is 2.51. The van der Waals surface area contributed by atoms with Gasteiger partial charge in [0.25, 0.3) is 0 Å². The second-order valence-electron chi connectivity index (χ2n) is 7.58. The number of amides is 1. The van der Waals surface area contributed by atoms with E-state index in [1.54, 1.807) is 0 Å². The molecule has 0 aliphatic heterocycles. The molecule has 2 unspecified atom stereocenters. The van der Waals surface area contributed by atoms with Gasteiger partial charge in [0.05, 0.1) is 25.5 Å². The summed E-state index contributed by atoms with van der Waals surface area (Å²) in [6.07, 6.45) is 2.03. The summed E-state index contributed by atoms with van der Waals surface area (Å²) in [4.78, 5) is 10.8. The number of nitrogens with one attached hydrogen (secondary N) is 1. The SMILES string of the molecule is CC(=O)NCCOCCn1cc(C(C)(C)C(C)C(C)C(C)C)nn1. The van der Waals surface area contributed by atoms with Crippen LogP contribution in [0.3, 0.4) is 0 Å². The molecule has 1 amide bonds. The van der Waals surface area contributed by atoms with E-state index in [4.69, 9.17) is 4.74 Å². The lowest BCUT2D eigenvalue weighted by Gasteiger charge is -2.36. The molecule has 6 heteroatoms. The van der Waals surface area contributed by atoms with E-state index in [0.29, 0.717) is 44.1 Å². The summed E-state index contributed by atoms with van der Waals surface area (Å²) in [6.45, 7) is 17.4. The molecular weight excluding hydrogens is 304 g/mol. The molecule has 1 aromatic heterocycles. The summed E-state index contributed by atoms with van der Waals surface area (Å²) < 4.78 is 7.33. The predicted molar refractivity (Wildman–Crippen MR) is 95.7 cm³/mol. The topological polar surface area (TPSA) is 69.0 Å². The number of aromatic nitrogens is 3. The largest absolute Gasteiger partial charge is 0.378 e. The lowest BCUT2D eigenvalue weighted by Crippen LogP contribution is -2.33. The normalized spacial score (nSPS) is 14.7. The number of ether oxygens (including phenoxy) is 1. The van der Waals surface area contributed by atoms with Crippen LogP contribution in [0.1, 0.15) is 54.2 Å². The Labute approximate surface area is 146 Å². The third-order valence-electron chi connectivity index (χ3n) is 5.26. The predicted octanol–water partition coefficient (Wildman–Crippen LogP) is 2.64. The number of hydrogen-bond acceptors (Lipinski definition) is 4. The maximum Gasteiger partial charge on any atom is 0.216 e. The smallest absolute Gasteiger partial charge is 0.216 e. The Bertz CT molecular complexity index is 511. The molecule has 0 aromatic carbocycles. The van der Waals surface area contributed by atoms with Crippen LogP contribution in [-0.2, 0) is 21.5 Å². The summed E-state index contributed by atoms with van der Waals surface area (Å²) >= 11 is 0. The van der Waals surface area contributed by atoms with Crippen LogP contribution in [0.5, 0.6) is 0 Å². The third kappa shape index (κ3) is 5.89. The first-order valence-electron chi connectivity index (χ1n) is 8.89. The van der Waals surface area contributed by atoms with Crippen molar-refractivity contribution in [1.29, 1.82) is 0 Å². The van der Waals surface area contributed by atoms with Crippen LogP contribution in [0, 0.1) is 17.8 Å². The van der Waals surface area contributed by atoms with Gasteiger partial charge in [-0.05, 0) is 17.8 Å². The van der Waals surface area contributed by atoms with Crippen molar-refractivity contribution in [2.45, 2.75) is 60.4 Å². The minimum atomic E-state index is -0.0357. The van der Waals surface area contributed by atoms with Crippen LogP contribution < -0.4 is 5.32 Å². The fraction of sp³-hybridized carbons (Fsp3) is 0.833. The van der Waals surface area contributed by atoms with Crippen molar-refractivity contribution in [3.05, 3.63) is 11.9 Å². The summed E-state index contributed by atoms with van der Waals surface area (Å²) in [5.41, 5.74) is 1.01. The Morgan fingerprint density at radius 2 is 1.96 bits per heavy atom. The zero-order valence-electron chi connectivity index (χ0n) is 16.3. The van der Waals surface area contributed by atoms with Crippen molar-refractivity contribution in [2.75, 3.05) is 19.8 Å². The fourth-order valence-electron chi connectivity index (χ4n) is 2.73. The first kappa shape index (κ1) is 20.6. The highest BCUT2D eigenvalue weighted by Gasteiger charge is 2.35. The summed E-state index contributed by atoms with van der Waals surface area (Å²) in [6, 6.07) is 0. The van der Waals surface area contributed by atoms with E-state index in [1.807, 2.05) is 10.9 Å². The highest BCUT2D eigenvalue weighted by Crippen LogP contribution is 2.37. The molecule has 6 nitrogen and oxygen atoms in total. The number of carbonyl (C=O) groups is 1. The molecule has 2 atom stereocenters. The maximum absolute atomic E-state index is 10.8. The van der Waals surface area contributed by atoms with Gasteiger partial charge in [0.15, 0.2) is 0 Å². The number of nitrogens with zero attached hydrogens (tertiary/aromatic N) is 3. The van der Waals surface area contributed by atoms with Gasteiger partial charge in [0.2, 0.25) is 5.91 Å². The van der Waals surface area contributed by atoms with Gasteiger partial charge in [-0.15, -0.1) is 5.10 Å². The van der Waals surface area contributed by atoms with Gasteiger partial charge in [-0.1, -0.05) is 46.8 Å². The van der Waals surface area contributed by atoms with Gasteiger partial charge < -0.3 is 10.1 Å². The van der Waals surface area contributed by atoms with Gasteiger partial charge in [0.1, 0.15) is 0 Å². The molecule has 0 bridgehead atoms. The van der Waals surface area contributed by atoms with Gasteiger partial charge in [-0.25, -0.2) is 4.68 Å². The van der Waals surface area contributed by atoms with Crippen LogP contribution in [0.2, 0.25) is 0 Å². The molecule has 1 aromatic rings. The highest BCUT2D eigenvalue weighted by atomic mass is 16.5. The quantitative estimate of drug-likeness (QED) is 0.666. The highest BCUT2D eigenvalue weighted by molar-refractivity contribution is 5.72. The third-order valence-corrected chi connectivity index (χ3v) is 5.26. The summed E-state index contributed by atoms with van der Waals surface area (Å²) in [5.74, 6) is 1.73. The van der Waals surface area contributed by atoms with Crippen molar-refractivity contribution < 1.29 is 9.53 Å². The molecule has 0 fully saturated rings. The van der Waals surface area contributed by atoms with E-state index < -0.39 is 0 Å². The second kappa shape index (κ2) is 9.16. The lowest BCUT2D eigenvalue weighted by molar-refractivity contribution is -0.119. The van der Waals surface area contributed by atoms with Crippen LogP contribution >= 0.6 is 0 Å². The van der Waals surface area contributed by atoms with E-state index in [-0.39, 0.29) is 11.3 Å². The second-order valence-corrected chi connectivity index (χ2v) is 7.58. The van der Waals surface area contributed by atoms with Crippen LogP contribution in [-0.4, -0.2) is 40.7 Å². The Morgan fingerprint density at radius 3 is 2.54 bits per heavy atom. The minimum absolute atomic E-state index is 0.0196. The number of hydrogen-bond donors (Lipinski definition) is 1. The molecule has 1 rings (SSSR count). The van der Waals surface area contributed by atoms with E-state index in [2.05, 4.69) is 57.2 Å². The van der Waals surface area contributed by atoms with Gasteiger partial charge in [-0.2, -0.15) is 0 Å². The van der Waals surface area contributed by atoms with Gasteiger partial charge in [-0.3, -0.25) is 4.79 Å². The van der Waals surface area contributed by atoms with E-state index in [1.165, 1.54) is 6.92 Å². The van der Waals surface area contributed by atoms with E-state index in [0.717, 1.165) is 5.69 Å². The van der Waals surface area contributed by atoms with Crippen molar-refractivity contribution in [3.8, 4) is 0 Å². The molecule has 24 heavy (non-hydrogen) atoms. The first-order valence-corrected chi connectivity index (χ1v) is 8.89. The Hall–Kier alpha value is -1.43. The molecule has 0 radical (unpaired) electrons. The maximum atomic E-state index is 10.8. The zero-order chi connectivity index (χ0) is 18.3. The van der Waals surface area contributed by atoms with Crippen LogP contribution in [0.4, 0.5) is 0 Å². The molecule has 1 heterocycles. The average molecular weight is 338 g/mol. The monoisotopic (exact) mass is 338 g/mol. The molecule has 0 saturated carbocycles. The molecule has 1 N–H and O–H groups in total. The molecule has 0 spiro atoms. The van der Waals surface area contributed by atoms with E-state index >= 15 is 0 Å². The fourth-order valence-corrected chi connectivity index (χ4v) is 2.73. The van der Waals surface area contributed by atoms with Crippen LogP contribution in [0.25, 0.3) is 0 Å². The zero-order valence-corrected chi connectivity index (χ0v) is 16.3. The average Bonchev–Trinajstić information content (AvgIpc) is 2.98. The molecule has 0 aliphatic rings. The Morgan fingerprint density at radius 1 is 1.29 bits per heavy atom. The van der Waals surface area contributed by atoms with Gasteiger partial charge in [0, 0.05) is 25.1 Å². The number of carbonyl (C=O) groups excluding carboxylic acids is 1. The molecular formula is C18H34N4O2. The standard InChI is InChI=1S/C18H34N4O2/c1-13(2)14(3)15(4)18(6,7)17-12-22(21-20-17)9-11-24-10-8-19-16(5)23/h12-15H,8-11H2,1-7H3,(H,19,23). The summed E-state index contributed by atoms with van der Waals surface area (Å²) in [7, 11) is 0. The number of rotatable bonds is 10. The Kier molecular flexibility index (Phi) is 7.87. The van der Waals surface area contributed by atoms with Crippen molar-refractivity contribution in [1.82, 2.24) is 20.3 Å². The van der Waals surface area contributed by atoms with Crippen molar-refractivity contribution in [3.63, 3.8) is 0 Å². The molecule has 0 aliphatic carbocycles. The van der Waals surface area contributed by atoms with E-state index in [9.17, 15) is 4.79 Å². The lowest BCUT2D eigenvalue weighted by atomic mass is 9.69. The van der Waals surface area contributed by atoms with Gasteiger partial charge >= 0.3 is 0 Å². The summed E-state index contributed by atoms with van der Waals surface area (Å²) in [5, 5.41) is 11.3.